The zero-order chi connectivity index (χ0) is 15.8. The predicted molar refractivity (Wildman–Crippen MR) is 92.3 cm³/mol. The number of nitrogens with one attached hydrogen (secondary N) is 1. The molecule has 2 aromatic heterocycles. The van der Waals surface area contributed by atoms with Gasteiger partial charge in [-0.3, -0.25) is 0 Å². The van der Waals surface area contributed by atoms with Gasteiger partial charge in [0.25, 0.3) is 0 Å². The lowest BCUT2D eigenvalue weighted by atomic mass is 10.2. The van der Waals surface area contributed by atoms with Gasteiger partial charge in [-0.25, -0.2) is 9.97 Å². The standard InChI is InChI=1S/C17H17N3O2S/c1-21-12-7-6-10(8-13(12)22-2)20-16-15-11-4-3-5-14(11)23-17(15)19-9-18-16/h6-9H,3-5H2,1-2H3,(H,18,19,20). The van der Waals surface area contributed by atoms with Gasteiger partial charge >= 0.3 is 0 Å². The number of fused-ring (bicyclic) bond motifs is 3. The summed E-state index contributed by atoms with van der Waals surface area (Å²) in [5.74, 6) is 2.27. The van der Waals surface area contributed by atoms with Crippen molar-refractivity contribution in [3.8, 4) is 11.5 Å². The summed E-state index contributed by atoms with van der Waals surface area (Å²) in [4.78, 5) is 11.4. The van der Waals surface area contributed by atoms with E-state index in [0.717, 1.165) is 29.2 Å². The molecule has 0 spiro atoms. The van der Waals surface area contributed by atoms with E-state index in [2.05, 4.69) is 15.3 Å². The quantitative estimate of drug-likeness (QED) is 0.786. The van der Waals surface area contributed by atoms with Crippen LogP contribution in [0, 0.1) is 0 Å². The summed E-state index contributed by atoms with van der Waals surface area (Å²) in [5, 5.41) is 4.58. The predicted octanol–water partition coefficient (Wildman–Crippen LogP) is 3.94. The van der Waals surface area contributed by atoms with Crippen molar-refractivity contribution in [1.82, 2.24) is 9.97 Å². The van der Waals surface area contributed by atoms with Crippen LogP contribution >= 0.6 is 11.3 Å². The van der Waals surface area contributed by atoms with E-state index in [1.165, 1.54) is 22.2 Å². The molecule has 0 fully saturated rings. The first kappa shape index (κ1) is 14.3. The first-order chi connectivity index (χ1) is 11.3. The van der Waals surface area contributed by atoms with Crippen molar-refractivity contribution in [3.05, 3.63) is 35.0 Å². The van der Waals surface area contributed by atoms with Crippen LogP contribution in [0.4, 0.5) is 11.5 Å². The average Bonchev–Trinajstić information content (AvgIpc) is 3.15. The summed E-state index contributed by atoms with van der Waals surface area (Å²) in [5.41, 5.74) is 2.33. The Hall–Kier alpha value is -2.34. The van der Waals surface area contributed by atoms with Gasteiger partial charge in [0.05, 0.1) is 19.6 Å². The van der Waals surface area contributed by atoms with Gasteiger partial charge in [0.15, 0.2) is 11.5 Å². The van der Waals surface area contributed by atoms with Crippen LogP contribution in [0.1, 0.15) is 16.9 Å². The molecule has 0 amide bonds. The summed E-state index contributed by atoms with van der Waals surface area (Å²) < 4.78 is 10.6. The van der Waals surface area contributed by atoms with E-state index >= 15 is 0 Å². The fourth-order valence-electron chi connectivity index (χ4n) is 3.07. The molecule has 2 heterocycles. The molecule has 3 aromatic rings. The van der Waals surface area contributed by atoms with Crippen LogP contribution in [-0.2, 0) is 12.8 Å². The molecule has 0 aliphatic heterocycles. The topological polar surface area (TPSA) is 56.3 Å². The number of hydrogen-bond acceptors (Lipinski definition) is 6. The molecular formula is C17H17N3O2S. The molecule has 1 aromatic carbocycles. The molecule has 1 N–H and O–H groups in total. The van der Waals surface area contributed by atoms with Gasteiger partial charge in [0.1, 0.15) is 17.0 Å². The van der Waals surface area contributed by atoms with Crippen LogP contribution in [0.3, 0.4) is 0 Å². The number of ether oxygens (including phenoxy) is 2. The van der Waals surface area contributed by atoms with Crippen molar-refractivity contribution >= 4 is 33.1 Å². The minimum absolute atomic E-state index is 0.693. The molecule has 118 valence electrons. The van der Waals surface area contributed by atoms with Crippen LogP contribution in [-0.4, -0.2) is 24.2 Å². The minimum Gasteiger partial charge on any atom is -0.493 e. The maximum atomic E-state index is 5.37. The third-order valence-corrected chi connectivity index (χ3v) is 5.35. The molecule has 23 heavy (non-hydrogen) atoms. The summed E-state index contributed by atoms with van der Waals surface area (Å²) in [7, 11) is 3.27. The number of aryl methyl sites for hydroxylation is 2. The molecular weight excluding hydrogens is 310 g/mol. The molecule has 5 nitrogen and oxygen atoms in total. The van der Waals surface area contributed by atoms with E-state index in [-0.39, 0.29) is 0 Å². The third-order valence-electron chi connectivity index (χ3n) is 4.15. The summed E-state index contributed by atoms with van der Waals surface area (Å²) in [6.45, 7) is 0. The van der Waals surface area contributed by atoms with Crippen molar-refractivity contribution < 1.29 is 9.47 Å². The van der Waals surface area contributed by atoms with Gasteiger partial charge in [0.2, 0.25) is 0 Å². The number of nitrogens with zero attached hydrogens (tertiary/aromatic N) is 2. The maximum Gasteiger partial charge on any atom is 0.162 e. The van der Waals surface area contributed by atoms with E-state index in [1.54, 1.807) is 31.9 Å². The van der Waals surface area contributed by atoms with Crippen molar-refractivity contribution in [1.29, 1.82) is 0 Å². The number of benzene rings is 1. The van der Waals surface area contributed by atoms with Crippen molar-refractivity contribution in [2.45, 2.75) is 19.3 Å². The van der Waals surface area contributed by atoms with Crippen LogP contribution in [0.15, 0.2) is 24.5 Å². The van der Waals surface area contributed by atoms with Crippen LogP contribution in [0.5, 0.6) is 11.5 Å². The Kier molecular flexibility index (Phi) is 3.53. The Balaban J connectivity index is 1.76. The average molecular weight is 327 g/mol. The number of methoxy groups -OCH3 is 2. The monoisotopic (exact) mass is 327 g/mol. The number of aromatic nitrogens is 2. The second-order valence-corrected chi connectivity index (χ2v) is 6.54. The zero-order valence-electron chi connectivity index (χ0n) is 13.0. The largest absolute Gasteiger partial charge is 0.493 e. The molecule has 0 radical (unpaired) electrons. The van der Waals surface area contributed by atoms with E-state index < -0.39 is 0 Å². The Labute approximate surface area is 138 Å². The minimum atomic E-state index is 0.693. The highest BCUT2D eigenvalue weighted by atomic mass is 32.1. The first-order valence-corrected chi connectivity index (χ1v) is 8.36. The number of rotatable bonds is 4. The van der Waals surface area contributed by atoms with Gasteiger partial charge in [-0.2, -0.15) is 0 Å². The molecule has 0 bridgehead atoms. The van der Waals surface area contributed by atoms with Crippen LogP contribution < -0.4 is 14.8 Å². The molecule has 0 unspecified atom stereocenters. The lowest BCUT2D eigenvalue weighted by molar-refractivity contribution is 0.355. The normalized spacial score (nSPS) is 13.1. The SMILES string of the molecule is COc1ccc(Nc2ncnc3sc4c(c23)CCC4)cc1OC. The van der Waals surface area contributed by atoms with Crippen LogP contribution in [0.25, 0.3) is 10.2 Å². The van der Waals surface area contributed by atoms with Crippen molar-refractivity contribution in [2.75, 3.05) is 19.5 Å². The highest BCUT2D eigenvalue weighted by molar-refractivity contribution is 7.19. The molecule has 0 saturated heterocycles. The second kappa shape index (κ2) is 5.70. The molecule has 1 aliphatic rings. The van der Waals surface area contributed by atoms with Crippen LogP contribution in [0.2, 0.25) is 0 Å². The van der Waals surface area contributed by atoms with Gasteiger partial charge in [-0.1, -0.05) is 0 Å². The Bertz CT molecular complexity index is 876. The second-order valence-electron chi connectivity index (χ2n) is 5.45. The first-order valence-electron chi connectivity index (χ1n) is 7.54. The lowest BCUT2D eigenvalue weighted by Crippen LogP contribution is -1.97. The zero-order valence-corrected chi connectivity index (χ0v) is 13.9. The Morgan fingerprint density at radius 2 is 1.96 bits per heavy atom. The highest BCUT2D eigenvalue weighted by Gasteiger charge is 2.21. The Morgan fingerprint density at radius 1 is 1.09 bits per heavy atom. The molecule has 0 saturated carbocycles. The summed E-state index contributed by atoms with van der Waals surface area (Å²) >= 11 is 1.79. The number of anilines is 2. The van der Waals surface area contributed by atoms with Gasteiger partial charge < -0.3 is 14.8 Å². The van der Waals surface area contributed by atoms with Gasteiger partial charge in [-0.15, -0.1) is 11.3 Å². The van der Waals surface area contributed by atoms with Crippen molar-refractivity contribution in [3.63, 3.8) is 0 Å². The van der Waals surface area contributed by atoms with Gasteiger partial charge in [-0.05, 0) is 37.0 Å². The van der Waals surface area contributed by atoms with E-state index in [1.807, 2.05) is 18.2 Å². The lowest BCUT2D eigenvalue weighted by Gasteiger charge is -2.11. The molecule has 4 rings (SSSR count). The highest BCUT2D eigenvalue weighted by Crippen LogP contribution is 2.40. The summed E-state index contributed by atoms with van der Waals surface area (Å²) in [6, 6.07) is 5.76. The maximum absolute atomic E-state index is 5.37. The Morgan fingerprint density at radius 3 is 2.78 bits per heavy atom. The molecule has 0 atom stereocenters. The smallest absolute Gasteiger partial charge is 0.162 e. The van der Waals surface area contributed by atoms with E-state index in [0.29, 0.717) is 11.5 Å². The van der Waals surface area contributed by atoms with Crippen molar-refractivity contribution in [2.24, 2.45) is 0 Å². The third kappa shape index (κ3) is 2.39. The fourth-order valence-corrected chi connectivity index (χ4v) is 4.30. The van der Waals surface area contributed by atoms with E-state index in [4.69, 9.17) is 9.47 Å². The summed E-state index contributed by atoms with van der Waals surface area (Å²) in [6.07, 6.45) is 5.12. The van der Waals surface area contributed by atoms with E-state index in [9.17, 15) is 0 Å². The number of thiophene rings is 1. The van der Waals surface area contributed by atoms with Gasteiger partial charge in [0, 0.05) is 16.6 Å². The molecule has 6 heteroatoms. The fraction of sp³-hybridized carbons (Fsp3) is 0.294. The number of hydrogen-bond donors (Lipinski definition) is 1. The molecule has 1 aliphatic carbocycles.